The lowest BCUT2D eigenvalue weighted by Gasteiger charge is -2.32. The zero-order chi connectivity index (χ0) is 17.5. The second kappa shape index (κ2) is 6.12. The molecule has 0 aromatic rings. The SMILES string of the molecule is C=CC(=O)OCCOC(=O)COC1C2OS(=O)(=O)C3CC1(C)CC23. The standard InChI is InChI=1S/C15H20O8S/c1-3-11(16)20-4-5-21-12(17)8-22-14-13-9-6-15(14,2)7-10(9)24(18,19)23-13/h3,9-10,13-14H,1,4-8H2,2H3. The van der Waals surface area contributed by atoms with Crippen LogP contribution in [0.25, 0.3) is 0 Å². The highest BCUT2D eigenvalue weighted by molar-refractivity contribution is 7.87. The Morgan fingerprint density at radius 1 is 1.29 bits per heavy atom. The van der Waals surface area contributed by atoms with Crippen molar-refractivity contribution in [3.63, 3.8) is 0 Å². The Labute approximate surface area is 140 Å². The second-order valence-electron chi connectivity index (χ2n) is 6.64. The van der Waals surface area contributed by atoms with Gasteiger partial charge in [-0.25, -0.2) is 9.59 Å². The van der Waals surface area contributed by atoms with Gasteiger partial charge < -0.3 is 14.2 Å². The highest BCUT2D eigenvalue weighted by Gasteiger charge is 2.69. The van der Waals surface area contributed by atoms with Crippen LogP contribution in [-0.2, 0) is 38.1 Å². The fourth-order valence-electron chi connectivity index (χ4n) is 4.06. The maximum Gasteiger partial charge on any atom is 0.332 e. The lowest BCUT2D eigenvalue weighted by molar-refractivity contribution is -0.159. The molecule has 134 valence electrons. The van der Waals surface area contributed by atoms with Crippen molar-refractivity contribution < 1.29 is 36.4 Å². The maximum absolute atomic E-state index is 11.9. The molecule has 8 nitrogen and oxygen atoms in total. The van der Waals surface area contributed by atoms with Crippen LogP contribution >= 0.6 is 0 Å². The minimum Gasteiger partial charge on any atom is -0.460 e. The molecule has 2 saturated carbocycles. The molecule has 0 aromatic carbocycles. The van der Waals surface area contributed by atoms with Gasteiger partial charge in [-0.15, -0.1) is 0 Å². The Kier molecular flexibility index (Phi) is 4.43. The van der Waals surface area contributed by atoms with E-state index in [1.807, 2.05) is 6.92 Å². The molecule has 0 N–H and O–H groups in total. The molecule has 1 aliphatic heterocycles. The van der Waals surface area contributed by atoms with Crippen LogP contribution in [0.4, 0.5) is 0 Å². The quantitative estimate of drug-likeness (QED) is 0.274. The summed E-state index contributed by atoms with van der Waals surface area (Å²) in [4.78, 5) is 22.5. The first-order chi connectivity index (χ1) is 11.3. The second-order valence-corrected chi connectivity index (χ2v) is 8.43. The summed E-state index contributed by atoms with van der Waals surface area (Å²) in [5.41, 5.74) is -0.302. The van der Waals surface area contributed by atoms with Crippen LogP contribution < -0.4 is 0 Å². The molecule has 2 bridgehead atoms. The molecule has 0 spiro atoms. The first-order valence-electron chi connectivity index (χ1n) is 7.75. The van der Waals surface area contributed by atoms with E-state index in [4.69, 9.17) is 13.7 Å². The van der Waals surface area contributed by atoms with Gasteiger partial charge in [0.15, 0.2) is 0 Å². The van der Waals surface area contributed by atoms with E-state index >= 15 is 0 Å². The molecule has 0 radical (unpaired) electrons. The van der Waals surface area contributed by atoms with Gasteiger partial charge >= 0.3 is 11.9 Å². The van der Waals surface area contributed by atoms with E-state index in [-0.39, 0.29) is 31.2 Å². The smallest absolute Gasteiger partial charge is 0.332 e. The van der Waals surface area contributed by atoms with Crippen molar-refractivity contribution in [2.45, 2.75) is 37.2 Å². The van der Waals surface area contributed by atoms with Crippen molar-refractivity contribution in [3.8, 4) is 0 Å². The molecule has 3 aliphatic rings. The Morgan fingerprint density at radius 3 is 2.71 bits per heavy atom. The van der Waals surface area contributed by atoms with Crippen LogP contribution in [0.1, 0.15) is 19.8 Å². The first-order valence-corrected chi connectivity index (χ1v) is 9.22. The topological polar surface area (TPSA) is 105 Å². The molecule has 3 rings (SSSR count). The molecule has 3 fully saturated rings. The average molecular weight is 360 g/mol. The van der Waals surface area contributed by atoms with E-state index < -0.39 is 39.5 Å². The number of ether oxygens (including phenoxy) is 3. The molecule has 1 saturated heterocycles. The molecular formula is C15H20O8S. The molecule has 5 unspecified atom stereocenters. The summed E-state index contributed by atoms with van der Waals surface area (Å²) in [7, 11) is -3.52. The van der Waals surface area contributed by atoms with Crippen molar-refractivity contribution in [2.24, 2.45) is 11.3 Å². The first kappa shape index (κ1) is 17.4. The average Bonchev–Trinajstić information content (AvgIpc) is 3.06. The molecule has 5 atom stereocenters. The Morgan fingerprint density at radius 2 is 2.00 bits per heavy atom. The number of rotatable bonds is 7. The molecule has 1 heterocycles. The van der Waals surface area contributed by atoms with Gasteiger partial charge in [-0.05, 0) is 18.3 Å². The molecule has 0 aromatic heterocycles. The van der Waals surface area contributed by atoms with E-state index in [1.165, 1.54) is 0 Å². The van der Waals surface area contributed by atoms with Gasteiger partial charge in [0.25, 0.3) is 10.1 Å². The van der Waals surface area contributed by atoms with E-state index in [0.29, 0.717) is 6.42 Å². The Balaban J connectivity index is 1.47. The third-order valence-corrected chi connectivity index (χ3v) is 6.76. The van der Waals surface area contributed by atoms with Gasteiger partial charge in [-0.2, -0.15) is 8.42 Å². The summed E-state index contributed by atoms with van der Waals surface area (Å²) in [5.74, 6) is -1.25. The molecule has 2 aliphatic carbocycles. The van der Waals surface area contributed by atoms with Crippen molar-refractivity contribution in [3.05, 3.63) is 12.7 Å². The van der Waals surface area contributed by atoms with Gasteiger partial charge in [0.2, 0.25) is 0 Å². The van der Waals surface area contributed by atoms with Gasteiger partial charge in [0, 0.05) is 12.0 Å². The number of hydrogen-bond donors (Lipinski definition) is 0. The van der Waals surface area contributed by atoms with E-state index in [2.05, 4.69) is 11.3 Å². The van der Waals surface area contributed by atoms with E-state index in [0.717, 1.165) is 12.5 Å². The summed E-state index contributed by atoms with van der Waals surface area (Å²) in [6.45, 7) is 4.77. The zero-order valence-corrected chi connectivity index (χ0v) is 14.1. The van der Waals surface area contributed by atoms with Gasteiger partial charge in [-0.3, -0.25) is 4.18 Å². The summed E-state index contributed by atoms with van der Waals surface area (Å²) < 4.78 is 44.3. The molecular weight excluding hydrogens is 340 g/mol. The zero-order valence-electron chi connectivity index (χ0n) is 13.3. The van der Waals surface area contributed by atoms with Crippen LogP contribution in [0.15, 0.2) is 12.7 Å². The number of esters is 2. The minimum absolute atomic E-state index is 0.0562. The predicted octanol–water partition coefficient (Wildman–Crippen LogP) is 0.171. The maximum atomic E-state index is 11.9. The third-order valence-electron chi connectivity index (χ3n) is 5.01. The Bertz CT molecular complexity index is 656. The summed E-state index contributed by atoms with van der Waals surface area (Å²) >= 11 is 0. The highest BCUT2D eigenvalue weighted by atomic mass is 32.2. The van der Waals surface area contributed by atoms with Crippen molar-refractivity contribution in [1.29, 1.82) is 0 Å². The lowest BCUT2D eigenvalue weighted by atomic mass is 9.82. The largest absolute Gasteiger partial charge is 0.460 e. The molecule has 9 heteroatoms. The number of fused-ring (bicyclic) bond motifs is 1. The van der Waals surface area contributed by atoms with Crippen molar-refractivity contribution >= 4 is 22.1 Å². The minimum atomic E-state index is -3.52. The summed E-state index contributed by atoms with van der Waals surface area (Å²) in [6, 6.07) is 0. The van der Waals surface area contributed by atoms with Crippen LogP contribution in [0, 0.1) is 11.3 Å². The van der Waals surface area contributed by atoms with Crippen LogP contribution in [0.5, 0.6) is 0 Å². The Hall–Kier alpha value is -1.45. The fourth-order valence-corrected chi connectivity index (χ4v) is 6.02. The highest BCUT2D eigenvalue weighted by Crippen LogP contribution is 2.61. The van der Waals surface area contributed by atoms with Crippen molar-refractivity contribution in [2.75, 3.05) is 19.8 Å². The van der Waals surface area contributed by atoms with Gasteiger partial charge in [-0.1, -0.05) is 13.5 Å². The van der Waals surface area contributed by atoms with Crippen LogP contribution in [0.3, 0.4) is 0 Å². The van der Waals surface area contributed by atoms with Gasteiger partial charge in [0.05, 0.1) is 11.4 Å². The predicted molar refractivity (Wildman–Crippen MR) is 80.3 cm³/mol. The van der Waals surface area contributed by atoms with Crippen LogP contribution in [0.2, 0.25) is 0 Å². The number of hydrogen-bond acceptors (Lipinski definition) is 8. The lowest BCUT2D eigenvalue weighted by Crippen LogP contribution is -2.42. The normalized spacial score (nSPS) is 38.0. The molecule has 0 amide bonds. The number of carbonyl (C=O) groups excluding carboxylic acids is 2. The van der Waals surface area contributed by atoms with Gasteiger partial charge in [0.1, 0.15) is 25.9 Å². The van der Waals surface area contributed by atoms with Crippen LogP contribution in [-0.4, -0.2) is 57.6 Å². The summed E-state index contributed by atoms with van der Waals surface area (Å²) in [5, 5.41) is -0.446. The van der Waals surface area contributed by atoms with E-state index in [9.17, 15) is 18.0 Å². The monoisotopic (exact) mass is 360 g/mol. The third kappa shape index (κ3) is 2.96. The van der Waals surface area contributed by atoms with Crippen molar-refractivity contribution in [1.82, 2.24) is 0 Å². The molecule has 24 heavy (non-hydrogen) atoms. The number of carbonyl (C=O) groups is 2. The van der Waals surface area contributed by atoms with E-state index in [1.54, 1.807) is 0 Å². The fraction of sp³-hybridized carbons (Fsp3) is 0.733. The summed E-state index contributed by atoms with van der Waals surface area (Å²) in [6.07, 6.45) is 1.28.